The molecule has 1 heterocycles. The first-order valence-corrected chi connectivity index (χ1v) is 9.41. The second-order valence-corrected chi connectivity index (χ2v) is 7.58. The zero-order valence-electron chi connectivity index (χ0n) is 15.2. The average Bonchev–Trinajstić information content (AvgIpc) is 2.61. The Morgan fingerprint density at radius 3 is 2.65 bits per heavy atom. The van der Waals surface area contributed by atoms with Crippen LogP contribution >= 0.6 is 27.5 Å². The topological polar surface area (TPSA) is 60.5 Å². The summed E-state index contributed by atoms with van der Waals surface area (Å²) in [5.41, 5.74) is 1.21. The van der Waals surface area contributed by atoms with Crippen LogP contribution in [-0.4, -0.2) is 24.6 Å². The van der Waals surface area contributed by atoms with Crippen molar-refractivity contribution in [2.75, 3.05) is 13.7 Å². The van der Waals surface area contributed by atoms with Crippen LogP contribution in [-0.2, 0) is 0 Å². The highest BCUT2D eigenvalue weighted by molar-refractivity contribution is 9.10. The SMILES string of the molecule is COc1cc(C(C)NC(=O)c2cc(Br)cnc2Cl)ccc1OCC(C)C. The van der Waals surface area contributed by atoms with Gasteiger partial charge in [-0.2, -0.15) is 0 Å². The fourth-order valence-electron chi connectivity index (χ4n) is 2.27. The van der Waals surface area contributed by atoms with Crippen molar-refractivity contribution in [1.29, 1.82) is 0 Å². The molecule has 0 spiro atoms. The summed E-state index contributed by atoms with van der Waals surface area (Å²) in [5.74, 6) is 1.44. The van der Waals surface area contributed by atoms with Crippen molar-refractivity contribution in [3.8, 4) is 11.5 Å². The number of hydrogen-bond acceptors (Lipinski definition) is 4. The molecule has 1 amide bonds. The van der Waals surface area contributed by atoms with Crippen molar-refractivity contribution in [3.05, 3.63) is 51.2 Å². The van der Waals surface area contributed by atoms with Crippen molar-refractivity contribution in [1.82, 2.24) is 10.3 Å². The molecule has 1 atom stereocenters. The van der Waals surface area contributed by atoms with E-state index < -0.39 is 0 Å². The fourth-order valence-corrected chi connectivity index (χ4v) is 2.79. The summed E-state index contributed by atoms with van der Waals surface area (Å²) in [5, 5.41) is 3.08. The molecule has 0 saturated heterocycles. The molecular weight excluding hydrogens is 420 g/mol. The van der Waals surface area contributed by atoms with Gasteiger partial charge < -0.3 is 14.8 Å². The van der Waals surface area contributed by atoms with Gasteiger partial charge in [0.1, 0.15) is 5.15 Å². The van der Waals surface area contributed by atoms with Gasteiger partial charge in [0.15, 0.2) is 11.5 Å². The van der Waals surface area contributed by atoms with Gasteiger partial charge in [-0.25, -0.2) is 4.98 Å². The van der Waals surface area contributed by atoms with Crippen LogP contribution in [0.2, 0.25) is 5.15 Å². The minimum Gasteiger partial charge on any atom is -0.493 e. The number of halogens is 2. The number of nitrogens with zero attached hydrogens (tertiary/aromatic N) is 1. The van der Waals surface area contributed by atoms with E-state index >= 15 is 0 Å². The van der Waals surface area contributed by atoms with Gasteiger partial charge in [-0.3, -0.25) is 4.79 Å². The number of aromatic nitrogens is 1. The molecule has 0 aliphatic heterocycles. The Morgan fingerprint density at radius 1 is 1.27 bits per heavy atom. The number of methoxy groups -OCH3 is 1. The lowest BCUT2D eigenvalue weighted by atomic mass is 10.1. The first-order chi connectivity index (χ1) is 12.3. The van der Waals surface area contributed by atoms with E-state index in [0.29, 0.717) is 34.1 Å². The zero-order valence-corrected chi connectivity index (χ0v) is 17.5. The van der Waals surface area contributed by atoms with Crippen molar-refractivity contribution < 1.29 is 14.3 Å². The van der Waals surface area contributed by atoms with E-state index in [-0.39, 0.29) is 17.1 Å². The van der Waals surface area contributed by atoms with Crippen molar-refractivity contribution >= 4 is 33.4 Å². The number of amides is 1. The molecule has 0 aliphatic rings. The van der Waals surface area contributed by atoms with Crippen LogP contribution in [0.1, 0.15) is 42.7 Å². The standard InChI is InChI=1S/C19H22BrClN2O3/c1-11(2)10-26-16-6-5-13(7-17(16)25-4)12(3)23-19(24)15-8-14(20)9-22-18(15)21/h5-9,11-12H,10H2,1-4H3,(H,23,24). The first-order valence-electron chi connectivity index (χ1n) is 8.24. The van der Waals surface area contributed by atoms with Crippen molar-refractivity contribution in [3.63, 3.8) is 0 Å². The van der Waals surface area contributed by atoms with E-state index in [0.717, 1.165) is 5.56 Å². The van der Waals surface area contributed by atoms with Crippen LogP contribution in [0.4, 0.5) is 0 Å². The lowest BCUT2D eigenvalue weighted by molar-refractivity contribution is 0.0939. The predicted molar refractivity (Wildman–Crippen MR) is 106 cm³/mol. The second kappa shape index (κ2) is 9.24. The van der Waals surface area contributed by atoms with E-state index in [4.69, 9.17) is 21.1 Å². The molecule has 0 radical (unpaired) electrons. The maximum Gasteiger partial charge on any atom is 0.254 e. The number of pyridine rings is 1. The number of rotatable bonds is 7. The number of carbonyl (C=O) groups excluding carboxylic acids is 1. The maximum absolute atomic E-state index is 12.5. The van der Waals surface area contributed by atoms with Gasteiger partial charge in [-0.1, -0.05) is 31.5 Å². The highest BCUT2D eigenvalue weighted by Gasteiger charge is 2.17. The van der Waals surface area contributed by atoms with Crippen molar-refractivity contribution in [2.45, 2.75) is 26.8 Å². The number of ether oxygens (including phenoxy) is 2. The minimum absolute atomic E-state index is 0.160. The number of carbonyl (C=O) groups is 1. The van der Waals surface area contributed by atoms with E-state index in [1.807, 2.05) is 25.1 Å². The van der Waals surface area contributed by atoms with Crippen molar-refractivity contribution in [2.24, 2.45) is 5.92 Å². The van der Waals surface area contributed by atoms with Crippen LogP contribution in [0.25, 0.3) is 0 Å². The Kier molecular flexibility index (Phi) is 7.29. The Balaban J connectivity index is 2.14. The van der Waals surface area contributed by atoms with Crippen LogP contribution < -0.4 is 14.8 Å². The quantitative estimate of drug-likeness (QED) is 0.612. The van der Waals surface area contributed by atoms with Gasteiger partial charge in [-0.15, -0.1) is 0 Å². The van der Waals surface area contributed by atoms with Crippen LogP contribution in [0.5, 0.6) is 11.5 Å². The second-order valence-electron chi connectivity index (χ2n) is 6.30. The molecule has 140 valence electrons. The minimum atomic E-state index is -0.296. The molecule has 0 fully saturated rings. The third kappa shape index (κ3) is 5.35. The highest BCUT2D eigenvalue weighted by Crippen LogP contribution is 2.31. The summed E-state index contributed by atoms with van der Waals surface area (Å²) < 4.78 is 11.9. The lowest BCUT2D eigenvalue weighted by Gasteiger charge is -2.18. The molecule has 5 nitrogen and oxygen atoms in total. The fraction of sp³-hybridized carbons (Fsp3) is 0.368. The molecular formula is C19H22BrClN2O3. The van der Waals surface area contributed by atoms with Gasteiger partial charge in [0.05, 0.1) is 25.3 Å². The van der Waals surface area contributed by atoms with E-state index in [1.54, 1.807) is 19.4 Å². The molecule has 0 saturated carbocycles. The number of nitrogens with one attached hydrogen (secondary N) is 1. The summed E-state index contributed by atoms with van der Waals surface area (Å²) in [4.78, 5) is 16.5. The molecule has 0 bridgehead atoms. The maximum atomic E-state index is 12.5. The monoisotopic (exact) mass is 440 g/mol. The number of hydrogen-bond donors (Lipinski definition) is 1. The largest absolute Gasteiger partial charge is 0.493 e. The first kappa shape index (κ1) is 20.5. The highest BCUT2D eigenvalue weighted by atomic mass is 79.9. The summed E-state index contributed by atoms with van der Waals surface area (Å²) in [6, 6.07) is 7.02. The zero-order chi connectivity index (χ0) is 19.3. The van der Waals surface area contributed by atoms with Gasteiger partial charge >= 0.3 is 0 Å². The summed E-state index contributed by atoms with van der Waals surface area (Å²) in [6.07, 6.45) is 1.54. The van der Waals surface area contributed by atoms with Gasteiger partial charge in [0.25, 0.3) is 5.91 Å². The van der Waals surface area contributed by atoms with Crippen LogP contribution in [0.15, 0.2) is 34.9 Å². The van der Waals surface area contributed by atoms with Crippen LogP contribution in [0.3, 0.4) is 0 Å². The molecule has 2 rings (SSSR count). The van der Waals surface area contributed by atoms with E-state index in [1.165, 1.54) is 0 Å². The molecule has 0 aliphatic carbocycles. The number of benzene rings is 1. The van der Waals surface area contributed by atoms with Gasteiger partial charge in [0, 0.05) is 10.7 Å². The summed E-state index contributed by atoms with van der Waals surface area (Å²) >= 11 is 9.32. The third-order valence-corrected chi connectivity index (χ3v) is 4.39. The molecule has 1 unspecified atom stereocenters. The summed E-state index contributed by atoms with van der Waals surface area (Å²) in [6.45, 7) is 6.66. The van der Waals surface area contributed by atoms with Crippen LogP contribution in [0, 0.1) is 5.92 Å². The lowest BCUT2D eigenvalue weighted by Crippen LogP contribution is -2.27. The van der Waals surface area contributed by atoms with E-state index in [9.17, 15) is 4.79 Å². The molecule has 1 aromatic heterocycles. The Morgan fingerprint density at radius 2 is 2.00 bits per heavy atom. The third-order valence-electron chi connectivity index (χ3n) is 3.66. The average molecular weight is 442 g/mol. The van der Waals surface area contributed by atoms with E-state index in [2.05, 4.69) is 40.1 Å². The Labute approximate surface area is 167 Å². The predicted octanol–water partition coefficient (Wildman–Crippen LogP) is 5.03. The van der Waals surface area contributed by atoms with Gasteiger partial charge in [0.2, 0.25) is 0 Å². The molecule has 7 heteroatoms. The van der Waals surface area contributed by atoms with Gasteiger partial charge in [-0.05, 0) is 52.5 Å². The molecule has 26 heavy (non-hydrogen) atoms. The summed E-state index contributed by atoms with van der Waals surface area (Å²) in [7, 11) is 1.59. The Bertz CT molecular complexity index is 783. The molecule has 1 aromatic carbocycles. The smallest absolute Gasteiger partial charge is 0.254 e. The molecule has 1 N–H and O–H groups in total. The Hall–Kier alpha value is -1.79. The molecule has 2 aromatic rings. The normalized spacial score (nSPS) is 12.0.